The van der Waals surface area contributed by atoms with Gasteiger partial charge in [-0.25, -0.2) is 0 Å². The Bertz CT molecular complexity index is 393. The van der Waals surface area contributed by atoms with E-state index in [1.54, 1.807) is 25.1 Å². The number of hydrogen-bond donors (Lipinski definition) is 2. The number of amides is 1. The summed E-state index contributed by atoms with van der Waals surface area (Å²) < 4.78 is 0. The molecule has 2 N–H and O–H groups in total. The lowest BCUT2D eigenvalue weighted by Gasteiger charge is -2.16. The summed E-state index contributed by atoms with van der Waals surface area (Å²) in [6, 6.07) is 5.19. The summed E-state index contributed by atoms with van der Waals surface area (Å²) >= 11 is 5.66. The molecule has 1 aromatic carbocycles. The van der Waals surface area contributed by atoms with Crippen LogP contribution in [0.1, 0.15) is 35.7 Å². The van der Waals surface area contributed by atoms with Crippen molar-refractivity contribution in [3.63, 3.8) is 0 Å². The molecule has 0 bridgehead atoms. The molecule has 0 aromatic heterocycles. The first-order chi connectivity index (χ1) is 8.10. The fraction of sp³-hybridized carbons (Fsp3) is 0.462. The number of halogens is 1. The zero-order valence-electron chi connectivity index (χ0n) is 10.2. The van der Waals surface area contributed by atoms with Crippen LogP contribution in [0.15, 0.2) is 18.2 Å². The number of carbonyl (C=O) groups is 1. The maximum Gasteiger partial charge on any atom is 0.255 e. The zero-order valence-corrected chi connectivity index (χ0v) is 10.9. The SMILES string of the molecule is CCC(CCCl)NC(=O)c1cccc(C)c1O. The number of carbonyl (C=O) groups excluding carboxylic acids is 1. The van der Waals surface area contributed by atoms with Gasteiger partial charge in [0, 0.05) is 11.9 Å². The Morgan fingerprint density at radius 2 is 2.24 bits per heavy atom. The molecule has 0 heterocycles. The van der Waals surface area contributed by atoms with Gasteiger partial charge in [0.1, 0.15) is 5.75 Å². The van der Waals surface area contributed by atoms with Crippen molar-refractivity contribution >= 4 is 17.5 Å². The predicted molar refractivity (Wildman–Crippen MR) is 69.7 cm³/mol. The molecule has 1 amide bonds. The van der Waals surface area contributed by atoms with Crippen molar-refractivity contribution in [1.82, 2.24) is 5.32 Å². The van der Waals surface area contributed by atoms with Crippen molar-refractivity contribution < 1.29 is 9.90 Å². The van der Waals surface area contributed by atoms with E-state index in [0.717, 1.165) is 12.8 Å². The van der Waals surface area contributed by atoms with E-state index in [0.29, 0.717) is 17.0 Å². The normalized spacial score (nSPS) is 12.2. The molecule has 0 spiro atoms. The lowest BCUT2D eigenvalue weighted by atomic mass is 10.1. The topological polar surface area (TPSA) is 49.3 Å². The maximum atomic E-state index is 11.9. The highest BCUT2D eigenvalue weighted by atomic mass is 35.5. The highest BCUT2D eigenvalue weighted by molar-refractivity contribution is 6.17. The number of hydrogen-bond acceptors (Lipinski definition) is 2. The number of benzene rings is 1. The molecule has 1 unspecified atom stereocenters. The molecule has 0 saturated heterocycles. The summed E-state index contributed by atoms with van der Waals surface area (Å²) in [5.41, 5.74) is 1.01. The molecule has 0 aliphatic carbocycles. The van der Waals surface area contributed by atoms with Crippen LogP contribution in [0.25, 0.3) is 0 Å². The molecule has 0 aliphatic heterocycles. The molecule has 1 rings (SSSR count). The summed E-state index contributed by atoms with van der Waals surface area (Å²) in [6.45, 7) is 3.76. The van der Waals surface area contributed by atoms with Crippen LogP contribution in [-0.4, -0.2) is 22.9 Å². The molecule has 1 atom stereocenters. The molecule has 0 radical (unpaired) electrons. The van der Waals surface area contributed by atoms with Gasteiger partial charge in [-0.3, -0.25) is 4.79 Å². The van der Waals surface area contributed by atoms with Gasteiger partial charge >= 0.3 is 0 Å². The first-order valence-corrected chi connectivity index (χ1v) is 6.29. The van der Waals surface area contributed by atoms with Crippen LogP contribution in [0.4, 0.5) is 0 Å². The van der Waals surface area contributed by atoms with E-state index in [-0.39, 0.29) is 17.7 Å². The van der Waals surface area contributed by atoms with E-state index in [1.807, 2.05) is 6.92 Å². The molecule has 4 heteroatoms. The van der Waals surface area contributed by atoms with Crippen molar-refractivity contribution in [3.8, 4) is 5.75 Å². The fourth-order valence-electron chi connectivity index (χ4n) is 1.62. The molecule has 0 fully saturated rings. The van der Waals surface area contributed by atoms with Gasteiger partial charge in [0.15, 0.2) is 0 Å². The van der Waals surface area contributed by atoms with Gasteiger partial charge in [-0.15, -0.1) is 11.6 Å². The number of phenolic OH excluding ortho intramolecular Hbond substituents is 1. The highest BCUT2D eigenvalue weighted by Gasteiger charge is 2.15. The summed E-state index contributed by atoms with van der Waals surface area (Å²) in [4.78, 5) is 11.9. The van der Waals surface area contributed by atoms with Crippen molar-refractivity contribution in [2.24, 2.45) is 0 Å². The van der Waals surface area contributed by atoms with E-state index >= 15 is 0 Å². The van der Waals surface area contributed by atoms with Crippen LogP contribution < -0.4 is 5.32 Å². The second kappa shape index (κ2) is 6.50. The molecule has 3 nitrogen and oxygen atoms in total. The first-order valence-electron chi connectivity index (χ1n) is 5.75. The maximum absolute atomic E-state index is 11.9. The van der Waals surface area contributed by atoms with Crippen LogP contribution in [-0.2, 0) is 0 Å². The van der Waals surface area contributed by atoms with E-state index in [2.05, 4.69) is 5.32 Å². The van der Waals surface area contributed by atoms with Gasteiger partial charge in [0.05, 0.1) is 5.56 Å². The van der Waals surface area contributed by atoms with Crippen LogP contribution in [0, 0.1) is 6.92 Å². The second-order valence-corrected chi connectivity index (χ2v) is 4.41. The summed E-state index contributed by atoms with van der Waals surface area (Å²) in [5, 5.41) is 12.7. The Labute approximate surface area is 107 Å². The quantitative estimate of drug-likeness (QED) is 0.795. The standard InChI is InChI=1S/C13H18ClNO2/c1-3-10(7-8-14)15-13(17)11-6-4-5-9(2)12(11)16/h4-6,10,16H,3,7-8H2,1-2H3,(H,15,17). The van der Waals surface area contributed by atoms with Gasteiger partial charge in [-0.1, -0.05) is 19.1 Å². The Hall–Kier alpha value is -1.22. The van der Waals surface area contributed by atoms with Crippen molar-refractivity contribution in [3.05, 3.63) is 29.3 Å². The van der Waals surface area contributed by atoms with Gasteiger partial charge < -0.3 is 10.4 Å². The highest BCUT2D eigenvalue weighted by Crippen LogP contribution is 2.21. The Balaban J connectivity index is 2.79. The Morgan fingerprint density at radius 1 is 1.53 bits per heavy atom. The van der Waals surface area contributed by atoms with Crippen molar-refractivity contribution in [2.45, 2.75) is 32.7 Å². The van der Waals surface area contributed by atoms with Crippen LogP contribution in [0.3, 0.4) is 0 Å². The number of aromatic hydroxyl groups is 1. The average molecular weight is 256 g/mol. The van der Waals surface area contributed by atoms with Crippen LogP contribution in [0.5, 0.6) is 5.75 Å². The lowest BCUT2D eigenvalue weighted by Crippen LogP contribution is -2.34. The van der Waals surface area contributed by atoms with Gasteiger partial charge in [0.25, 0.3) is 5.91 Å². The predicted octanol–water partition coefficient (Wildman–Crippen LogP) is 2.84. The van der Waals surface area contributed by atoms with Gasteiger partial charge in [0.2, 0.25) is 0 Å². The number of nitrogens with one attached hydrogen (secondary N) is 1. The average Bonchev–Trinajstić information content (AvgIpc) is 2.31. The largest absolute Gasteiger partial charge is 0.507 e. The molecule has 0 aliphatic rings. The van der Waals surface area contributed by atoms with E-state index in [4.69, 9.17) is 11.6 Å². The van der Waals surface area contributed by atoms with E-state index in [1.165, 1.54) is 0 Å². The monoisotopic (exact) mass is 255 g/mol. The Kier molecular flexibility index (Phi) is 5.29. The van der Waals surface area contributed by atoms with E-state index in [9.17, 15) is 9.90 Å². The third kappa shape index (κ3) is 3.63. The summed E-state index contributed by atoms with van der Waals surface area (Å²) in [7, 11) is 0. The second-order valence-electron chi connectivity index (χ2n) is 4.03. The third-order valence-corrected chi connectivity index (χ3v) is 2.99. The minimum Gasteiger partial charge on any atom is -0.507 e. The first kappa shape index (κ1) is 13.8. The van der Waals surface area contributed by atoms with Crippen molar-refractivity contribution in [2.75, 3.05) is 5.88 Å². The number of rotatable bonds is 5. The summed E-state index contributed by atoms with van der Waals surface area (Å²) in [6.07, 6.45) is 1.56. The molecule has 1 aromatic rings. The zero-order chi connectivity index (χ0) is 12.8. The summed E-state index contributed by atoms with van der Waals surface area (Å²) in [5.74, 6) is 0.312. The number of para-hydroxylation sites is 1. The third-order valence-electron chi connectivity index (χ3n) is 2.77. The molecular formula is C13H18ClNO2. The van der Waals surface area contributed by atoms with Crippen LogP contribution >= 0.6 is 11.6 Å². The molecule has 0 saturated carbocycles. The minimum atomic E-state index is -0.247. The minimum absolute atomic E-state index is 0.0470. The number of phenols is 1. The van der Waals surface area contributed by atoms with E-state index < -0.39 is 0 Å². The molecular weight excluding hydrogens is 238 g/mol. The van der Waals surface area contributed by atoms with Crippen LogP contribution in [0.2, 0.25) is 0 Å². The Morgan fingerprint density at radius 3 is 2.82 bits per heavy atom. The van der Waals surface area contributed by atoms with Gasteiger partial charge in [-0.05, 0) is 31.4 Å². The molecule has 17 heavy (non-hydrogen) atoms. The fourth-order valence-corrected chi connectivity index (χ4v) is 1.88. The number of alkyl halides is 1. The van der Waals surface area contributed by atoms with Gasteiger partial charge in [-0.2, -0.15) is 0 Å². The molecule has 94 valence electrons. The number of aryl methyl sites for hydroxylation is 1. The lowest BCUT2D eigenvalue weighted by molar-refractivity contribution is 0.0932. The smallest absolute Gasteiger partial charge is 0.255 e. The van der Waals surface area contributed by atoms with Crippen molar-refractivity contribution in [1.29, 1.82) is 0 Å².